The van der Waals surface area contributed by atoms with Crippen LogP contribution in [0, 0.1) is 5.92 Å². The number of aromatic hydroxyl groups is 2. The summed E-state index contributed by atoms with van der Waals surface area (Å²) in [7, 11) is 0. The van der Waals surface area contributed by atoms with Crippen LogP contribution < -0.4 is 0 Å². The van der Waals surface area contributed by atoms with Gasteiger partial charge in [0.05, 0.1) is 0 Å². The normalized spacial score (nSPS) is 22.7. The molecular formula is C15H22O2. The van der Waals surface area contributed by atoms with E-state index in [-0.39, 0.29) is 11.5 Å². The summed E-state index contributed by atoms with van der Waals surface area (Å²) >= 11 is 0. The van der Waals surface area contributed by atoms with Crippen molar-refractivity contribution in [2.45, 2.75) is 51.9 Å². The molecule has 2 heteroatoms. The lowest BCUT2D eigenvalue weighted by Gasteiger charge is -2.15. The van der Waals surface area contributed by atoms with Gasteiger partial charge < -0.3 is 10.2 Å². The van der Waals surface area contributed by atoms with Crippen LogP contribution in [0.25, 0.3) is 0 Å². The Bertz CT molecular complexity index is 398. The number of rotatable bonds is 4. The second-order valence-corrected chi connectivity index (χ2v) is 5.28. The van der Waals surface area contributed by atoms with E-state index in [1.165, 1.54) is 31.7 Å². The van der Waals surface area contributed by atoms with Crippen molar-refractivity contribution in [1.82, 2.24) is 0 Å². The van der Waals surface area contributed by atoms with Crippen LogP contribution in [-0.4, -0.2) is 10.2 Å². The first-order valence-electron chi connectivity index (χ1n) is 6.68. The topological polar surface area (TPSA) is 40.5 Å². The van der Waals surface area contributed by atoms with Crippen molar-refractivity contribution >= 4 is 0 Å². The molecule has 17 heavy (non-hydrogen) atoms. The lowest BCUT2D eigenvalue weighted by atomic mass is 9.90. The highest BCUT2D eigenvalue weighted by molar-refractivity contribution is 5.49. The predicted molar refractivity (Wildman–Crippen MR) is 69.5 cm³/mol. The van der Waals surface area contributed by atoms with Gasteiger partial charge in [-0.2, -0.15) is 0 Å². The maximum atomic E-state index is 9.86. The fourth-order valence-electron chi connectivity index (χ4n) is 2.99. The highest BCUT2D eigenvalue weighted by Gasteiger charge is 2.31. The summed E-state index contributed by atoms with van der Waals surface area (Å²) in [5.74, 6) is 1.54. The Morgan fingerprint density at radius 2 is 2.00 bits per heavy atom. The van der Waals surface area contributed by atoms with E-state index in [0.29, 0.717) is 11.8 Å². The average Bonchev–Trinajstić information content (AvgIpc) is 2.58. The van der Waals surface area contributed by atoms with Crippen molar-refractivity contribution in [3.63, 3.8) is 0 Å². The molecule has 2 nitrogen and oxygen atoms in total. The molecule has 1 aromatic rings. The molecule has 94 valence electrons. The molecule has 0 unspecified atom stereocenters. The smallest absolute Gasteiger partial charge is 0.122 e. The van der Waals surface area contributed by atoms with Gasteiger partial charge in [0.25, 0.3) is 0 Å². The minimum atomic E-state index is 0.183. The van der Waals surface area contributed by atoms with Crippen LogP contribution in [0.15, 0.2) is 12.1 Å². The molecule has 0 aromatic heterocycles. The fraction of sp³-hybridized carbons (Fsp3) is 0.600. The van der Waals surface area contributed by atoms with E-state index in [1.54, 1.807) is 0 Å². The second-order valence-electron chi connectivity index (χ2n) is 5.28. The van der Waals surface area contributed by atoms with Gasteiger partial charge in [-0.1, -0.05) is 33.1 Å². The highest BCUT2D eigenvalue weighted by Crippen LogP contribution is 2.45. The standard InChI is InChI=1S/C15H22O2/c1-3-4-5-6-11-7-14-13(10(11)2)8-12(16)9-15(14)17/h8-11,16-17H,3-7H2,1-2H3/t10-,11-/m1/s1. The zero-order valence-corrected chi connectivity index (χ0v) is 10.7. The van der Waals surface area contributed by atoms with Gasteiger partial charge in [0.1, 0.15) is 11.5 Å². The summed E-state index contributed by atoms with van der Waals surface area (Å²) in [6.07, 6.45) is 6.00. The summed E-state index contributed by atoms with van der Waals surface area (Å²) in [4.78, 5) is 0. The summed E-state index contributed by atoms with van der Waals surface area (Å²) in [5, 5.41) is 19.4. The number of hydrogen-bond donors (Lipinski definition) is 2. The van der Waals surface area contributed by atoms with Crippen LogP contribution >= 0.6 is 0 Å². The summed E-state index contributed by atoms with van der Waals surface area (Å²) in [6.45, 7) is 4.43. The first kappa shape index (κ1) is 12.3. The van der Waals surface area contributed by atoms with Gasteiger partial charge in [0.15, 0.2) is 0 Å². The Morgan fingerprint density at radius 3 is 2.71 bits per heavy atom. The van der Waals surface area contributed by atoms with Gasteiger partial charge in [-0.05, 0) is 41.9 Å². The maximum Gasteiger partial charge on any atom is 0.122 e. The van der Waals surface area contributed by atoms with E-state index in [2.05, 4.69) is 13.8 Å². The van der Waals surface area contributed by atoms with Crippen molar-refractivity contribution < 1.29 is 10.2 Å². The molecule has 1 aliphatic rings. The van der Waals surface area contributed by atoms with Crippen molar-refractivity contribution in [3.8, 4) is 11.5 Å². The zero-order valence-electron chi connectivity index (χ0n) is 10.7. The number of benzene rings is 1. The number of phenolic OH excluding ortho intramolecular Hbond substituents is 2. The van der Waals surface area contributed by atoms with Crippen LogP contribution in [0.2, 0.25) is 0 Å². The second kappa shape index (κ2) is 4.99. The van der Waals surface area contributed by atoms with Crippen LogP contribution in [0.5, 0.6) is 11.5 Å². The quantitative estimate of drug-likeness (QED) is 0.774. The molecule has 0 spiro atoms. The Morgan fingerprint density at radius 1 is 1.24 bits per heavy atom. The van der Waals surface area contributed by atoms with Crippen molar-refractivity contribution in [2.75, 3.05) is 0 Å². The number of hydrogen-bond acceptors (Lipinski definition) is 2. The molecular weight excluding hydrogens is 212 g/mol. The number of unbranched alkanes of at least 4 members (excludes halogenated alkanes) is 2. The third kappa shape index (κ3) is 2.41. The number of fused-ring (bicyclic) bond motifs is 1. The van der Waals surface area contributed by atoms with Crippen LogP contribution in [0.3, 0.4) is 0 Å². The molecule has 2 atom stereocenters. The Hall–Kier alpha value is -1.18. The monoisotopic (exact) mass is 234 g/mol. The highest BCUT2D eigenvalue weighted by atomic mass is 16.3. The third-order valence-electron chi connectivity index (χ3n) is 4.09. The van der Waals surface area contributed by atoms with Crippen LogP contribution in [0.1, 0.15) is 56.6 Å². The fourth-order valence-corrected chi connectivity index (χ4v) is 2.99. The minimum Gasteiger partial charge on any atom is -0.508 e. The van der Waals surface area contributed by atoms with Crippen LogP contribution in [-0.2, 0) is 6.42 Å². The van der Waals surface area contributed by atoms with Gasteiger partial charge in [0, 0.05) is 6.07 Å². The first-order valence-corrected chi connectivity index (χ1v) is 6.68. The molecule has 0 aliphatic heterocycles. The molecule has 0 radical (unpaired) electrons. The molecule has 0 bridgehead atoms. The predicted octanol–water partition coefficient (Wildman–Crippen LogP) is 3.95. The first-order chi connectivity index (χ1) is 8.13. The Balaban J connectivity index is 2.12. The molecule has 0 saturated carbocycles. The summed E-state index contributed by atoms with van der Waals surface area (Å²) < 4.78 is 0. The van der Waals surface area contributed by atoms with E-state index < -0.39 is 0 Å². The van der Waals surface area contributed by atoms with Gasteiger partial charge in [-0.25, -0.2) is 0 Å². The van der Waals surface area contributed by atoms with Crippen molar-refractivity contribution in [2.24, 2.45) is 5.92 Å². The van der Waals surface area contributed by atoms with Crippen molar-refractivity contribution in [1.29, 1.82) is 0 Å². The maximum absolute atomic E-state index is 9.86. The molecule has 0 heterocycles. The van der Waals surface area contributed by atoms with E-state index in [1.807, 2.05) is 6.07 Å². The van der Waals surface area contributed by atoms with Crippen LogP contribution in [0.4, 0.5) is 0 Å². The largest absolute Gasteiger partial charge is 0.508 e. The third-order valence-corrected chi connectivity index (χ3v) is 4.09. The Labute approximate surface area is 103 Å². The van der Waals surface area contributed by atoms with E-state index in [0.717, 1.165) is 17.5 Å². The average molecular weight is 234 g/mol. The number of phenols is 2. The van der Waals surface area contributed by atoms with Gasteiger partial charge in [-0.15, -0.1) is 0 Å². The van der Waals surface area contributed by atoms with Gasteiger partial charge >= 0.3 is 0 Å². The summed E-state index contributed by atoms with van der Waals surface area (Å²) in [5.41, 5.74) is 2.20. The molecule has 0 amide bonds. The van der Waals surface area contributed by atoms with E-state index >= 15 is 0 Å². The molecule has 0 saturated heterocycles. The van der Waals surface area contributed by atoms with Crippen molar-refractivity contribution in [3.05, 3.63) is 23.3 Å². The van der Waals surface area contributed by atoms with Gasteiger partial charge in [-0.3, -0.25) is 0 Å². The molecule has 1 aliphatic carbocycles. The minimum absolute atomic E-state index is 0.183. The molecule has 2 N–H and O–H groups in total. The Kier molecular flexibility index (Phi) is 3.60. The van der Waals surface area contributed by atoms with E-state index in [4.69, 9.17) is 0 Å². The van der Waals surface area contributed by atoms with E-state index in [9.17, 15) is 10.2 Å². The molecule has 2 rings (SSSR count). The lowest BCUT2D eigenvalue weighted by Crippen LogP contribution is -2.04. The molecule has 0 fully saturated rings. The SMILES string of the molecule is CCCCC[C@@H]1Cc2c(O)cc(O)cc2[C@@H]1C. The zero-order chi connectivity index (χ0) is 12.4. The lowest BCUT2D eigenvalue weighted by molar-refractivity contribution is 0.420. The van der Waals surface area contributed by atoms with Gasteiger partial charge in [0.2, 0.25) is 0 Å². The summed E-state index contributed by atoms with van der Waals surface area (Å²) in [6, 6.07) is 3.28. The molecule has 1 aromatic carbocycles.